The number of benzene rings is 1. The molecule has 0 heterocycles. The van der Waals surface area contributed by atoms with Gasteiger partial charge in [-0.3, -0.25) is 0 Å². The first kappa shape index (κ1) is 14.0. The Balaban J connectivity index is 2.52. The van der Waals surface area contributed by atoms with E-state index in [2.05, 4.69) is 29.8 Å². The first-order valence-corrected chi connectivity index (χ1v) is 7.14. The van der Waals surface area contributed by atoms with Crippen molar-refractivity contribution in [2.45, 2.75) is 31.6 Å². The van der Waals surface area contributed by atoms with E-state index in [0.29, 0.717) is 5.25 Å². The normalized spacial score (nSPS) is 13.1. The molecule has 2 N–H and O–H groups in total. The predicted molar refractivity (Wildman–Crippen MR) is 73.4 cm³/mol. The number of nitrogens with two attached hydrogens (primary N) is 1. The van der Waals surface area contributed by atoms with Crippen LogP contribution >= 0.6 is 27.7 Å². The van der Waals surface area contributed by atoms with Crippen LogP contribution in [0, 0.1) is 5.82 Å². The molecule has 0 aliphatic carbocycles. The first-order chi connectivity index (χ1) is 7.49. The fraction of sp³-hybridized carbons (Fsp3) is 0.500. The molecule has 0 saturated heterocycles. The molecule has 1 nitrogen and oxygen atoms in total. The van der Waals surface area contributed by atoms with Crippen molar-refractivity contribution in [3.8, 4) is 0 Å². The summed E-state index contributed by atoms with van der Waals surface area (Å²) in [6.45, 7) is 4.32. The van der Waals surface area contributed by atoms with E-state index in [1.165, 1.54) is 12.1 Å². The van der Waals surface area contributed by atoms with Crippen molar-refractivity contribution >= 4 is 27.7 Å². The molecule has 4 heteroatoms. The van der Waals surface area contributed by atoms with E-state index in [1.807, 2.05) is 11.8 Å². The Bertz CT molecular complexity index is 344. The van der Waals surface area contributed by atoms with Gasteiger partial charge >= 0.3 is 0 Å². The molecular weight excluding hydrogens is 289 g/mol. The third-order valence-corrected chi connectivity index (χ3v) is 4.17. The van der Waals surface area contributed by atoms with E-state index in [0.717, 1.165) is 22.2 Å². The first-order valence-electron chi connectivity index (χ1n) is 5.30. The monoisotopic (exact) mass is 305 g/mol. The van der Waals surface area contributed by atoms with Crippen LogP contribution in [-0.2, 0) is 6.42 Å². The highest BCUT2D eigenvalue weighted by Crippen LogP contribution is 2.20. The summed E-state index contributed by atoms with van der Waals surface area (Å²) in [6, 6.07) is 4.87. The molecule has 0 aromatic heterocycles. The number of hydrogen-bond acceptors (Lipinski definition) is 2. The van der Waals surface area contributed by atoms with Gasteiger partial charge in [0, 0.05) is 16.3 Å². The van der Waals surface area contributed by atoms with E-state index in [1.54, 1.807) is 6.07 Å². The molecule has 16 heavy (non-hydrogen) atoms. The van der Waals surface area contributed by atoms with E-state index in [-0.39, 0.29) is 11.9 Å². The molecule has 1 aromatic rings. The average molecular weight is 306 g/mol. The molecular formula is C12H17BrFNS. The molecule has 90 valence electrons. The molecule has 0 aliphatic rings. The number of hydrogen-bond donors (Lipinski definition) is 1. The lowest BCUT2D eigenvalue weighted by atomic mass is 10.1. The van der Waals surface area contributed by atoms with Crippen LogP contribution < -0.4 is 5.73 Å². The Labute approximate surface area is 109 Å². The largest absolute Gasteiger partial charge is 0.327 e. The number of halogens is 2. The standard InChI is InChI=1S/C12H17BrFNS/c1-8(2)16-7-11(15)5-9-3-4-10(14)6-12(9)13/h3-4,6,8,11H,5,7,15H2,1-2H3. The second kappa shape index (κ2) is 6.62. The van der Waals surface area contributed by atoms with Gasteiger partial charge in [0.05, 0.1) is 0 Å². The van der Waals surface area contributed by atoms with Gasteiger partial charge in [0.1, 0.15) is 5.82 Å². The quantitative estimate of drug-likeness (QED) is 0.899. The highest BCUT2D eigenvalue weighted by molar-refractivity contribution is 9.10. The fourth-order valence-corrected chi connectivity index (χ4v) is 2.61. The van der Waals surface area contributed by atoms with Crippen LogP contribution in [0.15, 0.2) is 22.7 Å². The zero-order valence-corrected chi connectivity index (χ0v) is 11.9. The molecule has 1 atom stereocenters. The SMILES string of the molecule is CC(C)SCC(N)Cc1ccc(F)cc1Br. The lowest BCUT2D eigenvalue weighted by Crippen LogP contribution is -2.26. The molecule has 1 aromatic carbocycles. The lowest BCUT2D eigenvalue weighted by Gasteiger charge is -2.14. The molecule has 0 aliphatic heterocycles. The van der Waals surface area contributed by atoms with Gasteiger partial charge in [0.25, 0.3) is 0 Å². The minimum absolute atomic E-state index is 0.120. The molecule has 0 bridgehead atoms. The van der Waals surface area contributed by atoms with Crippen molar-refractivity contribution in [3.63, 3.8) is 0 Å². The van der Waals surface area contributed by atoms with Crippen LogP contribution in [0.4, 0.5) is 4.39 Å². The second-order valence-corrected chi connectivity index (χ2v) is 6.55. The fourth-order valence-electron chi connectivity index (χ4n) is 1.34. The van der Waals surface area contributed by atoms with Crippen LogP contribution in [0.25, 0.3) is 0 Å². The number of thioether (sulfide) groups is 1. The average Bonchev–Trinajstić information content (AvgIpc) is 2.19. The van der Waals surface area contributed by atoms with Gasteiger partial charge in [0.2, 0.25) is 0 Å². The van der Waals surface area contributed by atoms with Gasteiger partial charge in [0.15, 0.2) is 0 Å². The molecule has 1 rings (SSSR count). The predicted octanol–water partition coefficient (Wildman–Crippen LogP) is 3.60. The smallest absolute Gasteiger partial charge is 0.124 e. The summed E-state index contributed by atoms with van der Waals surface area (Å²) in [6.07, 6.45) is 0.778. The van der Waals surface area contributed by atoms with Crippen molar-refractivity contribution in [2.75, 3.05) is 5.75 Å². The summed E-state index contributed by atoms with van der Waals surface area (Å²) in [7, 11) is 0. The molecule has 0 saturated carbocycles. The molecule has 0 radical (unpaired) electrons. The highest BCUT2D eigenvalue weighted by atomic mass is 79.9. The van der Waals surface area contributed by atoms with E-state index < -0.39 is 0 Å². The van der Waals surface area contributed by atoms with Crippen molar-refractivity contribution in [2.24, 2.45) is 5.73 Å². The Morgan fingerprint density at radius 3 is 2.69 bits per heavy atom. The molecule has 0 spiro atoms. The summed E-state index contributed by atoms with van der Waals surface area (Å²) in [5.41, 5.74) is 7.09. The number of rotatable bonds is 5. The maximum atomic E-state index is 12.9. The topological polar surface area (TPSA) is 26.0 Å². The van der Waals surface area contributed by atoms with Gasteiger partial charge in [-0.05, 0) is 29.4 Å². The zero-order chi connectivity index (χ0) is 12.1. The third-order valence-electron chi connectivity index (χ3n) is 2.14. The van der Waals surface area contributed by atoms with E-state index >= 15 is 0 Å². The van der Waals surface area contributed by atoms with Crippen molar-refractivity contribution in [3.05, 3.63) is 34.1 Å². The van der Waals surface area contributed by atoms with Crippen LogP contribution in [0.2, 0.25) is 0 Å². The zero-order valence-electron chi connectivity index (χ0n) is 9.54. The van der Waals surface area contributed by atoms with Gasteiger partial charge in [-0.2, -0.15) is 11.8 Å². The van der Waals surface area contributed by atoms with Crippen LogP contribution in [0.3, 0.4) is 0 Å². The summed E-state index contributed by atoms with van der Waals surface area (Å²) < 4.78 is 13.7. The summed E-state index contributed by atoms with van der Waals surface area (Å²) >= 11 is 5.21. The van der Waals surface area contributed by atoms with Gasteiger partial charge < -0.3 is 5.73 Å². The van der Waals surface area contributed by atoms with Gasteiger partial charge in [-0.15, -0.1) is 0 Å². The summed E-state index contributed by atoms with van der Waals surface area (Å²) in [4.78, 5) is 0. The Morgan fingerprint density at radius 2 is 2.12 bits per heavy atom. The maximum absolute atomic E-state index is 12.9. The van der Waals surface area contributed by atoms with Gasteiger partial charge in [-0.25, -0.2) is 4.39 Å². The molecule has 0 fully saturated rings. The summed E-state index contributed by atoms with van der Waals surface area (Å²) in [5, 5.41) is 0.600. The van der Waals surface area contributed by atoms with Crippen LogP contribution in [-0.4, -0.2) is 17.0 Å². The van der Waals surface area contributed by atoms with E-state index in [4.69, 9.17) is 5.73 Å². The Morgan fingerprint density at radius 1 is 1.44 bits per heavy atom. The molecule has 0 amide bonds. The Kier molecular flexibility index (Phi) is 5.79. The van der Waals surface area contributed by atoms with E-state index in [9.17, 15) is 4.39 Å². The molecule has 1 unspecified atom stereocenters. The van der Waals surface area contributed by atoms with Crippen LogP contribution in [0.5, 0.6) is 0 Å². The summed E-state index contributed by atoms with van der Waals surface area (Å²) in [5.74, 6) is 0.711. The minimum atomic E-state index is -0.222. The minimum Gasteiger partial charge on any atom is -0.327 e. The van der Waals surface area contributed by atoms with Gasteiger partial charge in [-0.1, -0.05) is 35.8 Å². The lowest BCUT2D eigenvalue weighted by molar-refractivity contribution is 0.625. The third kappa shape index (κ3) is 4.85. The maximum Gasteiger partial charge on any atom is 0.124 e. The highest BCUT2D eigenvalue weighted by Gasteiger charge is 2.08. The van der Waals surface area contributed by atoms with Crippen molar-refractivity contribution < 1.29 is 4.39 Å². The Hall–Kier alpha value is -0.0600. The second-order valence-electron chi connectivity index (χ2n) is 4.08. The van der Waals surface area contributed by atoms with Crippen molar-refractivity contribution in [1.29, 1.82) is 0 Å². The van der Waals surface area contributed by atoms with Crippen LogP contribution in [0.1, 0.15) is 19.4 Å². The van der Waals surface area contributed by atoms with Crippen molar-refractivity contribution in [1.82, 2.24) is 0 Å².